The molecule has 4 rings (SSSR count). The largest absolute Gasteiger partial charge is 0.439 e. The Morgan fingerprint density at radius 2 is 1.88 bits per heavy atom. The molecule has 1 heterocycles. The van der Waals surface area contributed by atoms with E-state index in [0.29, 0.717) is 24.9 Å². The molecule has 0 radical (unpaired) electrons. The van der Waals surface area contributed by atoms with E-state index in [4.69, 9.17) is 21.0 Å². The van der Waals surface area contributed by atoms with Gasteiger partial charge in [0.15, 0.2) is 0 Å². The van der Waals surface area contributed by atoms with Gasteiger partial charge in [0, 0.05) is 19.6 Å². The van der Waals surface area contributed by atoms with Crippen molar-refractivity contribution in [3.63, 3.8) is 0 Å². The van der Waals surface area contributed by atoms with E-state index >= 15 is 0 Å². The number of aromatic nitrogens is 2. The van der Waals surface area contributed by atoms with E-state index in [1.807, 2.05) is 66.2 Å². The predicted molar refractivity (Wildman–Crippen MR) is 133 cm³/mol. The van der Waals surface area contributed by atoms with Crippen molar-refractivity contribution in [1.29, 1.82) is 0 Å². The highest BCUT2D eigenvalue weighted by molar-refractivity contribution is 5.43. The minimum Gasteiger partial charge on any atom is -0.439 e. The zero-order valence-electron chi connectivity index (χ0n) is 20.0. The highest BCUT2D eigenvalue weighted by Crippen LogP contribution is 2.34. The van der Waals surface area contributed by atoms with Crippen LogP contribution in [-0.4, -0.2) is 52.2 Å². The Morgan fingerprint density at radius 3 is 2.56 bits per heavy atom. The van der Waals surface area contributed by atoms with Gasteiger partial charge >= 0.3 is 0 Å². The molecule has 3 aromatic rings. The summed E-state index contributed by atoms with van der Waals surface area (Å²) in [6.45, 7) is 6.55. The van der Waals surface area contributed by atoms with E-state index in [1.54, 1.807) is 0 Å². The van der Waals surface area contributed by atoms with Crippen LogP contribution in [0.3, 0.4) is 0 Å². The van der Waals surface area contributed by atoms with Crippen molar-refractivity contribution < 1.29 is 14.6 Å². The van der Waals surface area contributed by atoms with Crippen LogP contribution in [0, 0.1) is 32.1 Å². The molecule has 1 aliphatic carbocycles. The van der Waals surface area contributed by atoms with E-state index < -0.39 is 6.10 Å². The number of para-hydroxylation sites is 1. The number of aliphatic hydroxyl groups excluding tert-OH is 1. The van der Waals surface area contributed by atoms with Crippen LogP contribution in [0.5, 0.6) is 11.6 Å². The van der Waals surface area contributed by atoms with Gasteiger partial charge in [0.1, 0.15) is 12.4 Å². The summed E-state index contributed by atoms with van der Waals surface area (Å²) in [5.74, 6) is 4.58. The molecule has 0 spiro atoms. The SMILES string of the molecule is C#CCOCC(O)CN(Cc1c(C)nn(-c2ccccc2)c1Oc1ccc(C)cc1)CC1CC1. The average Bonchev–Trinajstić information content (AvgIpc) is 3.60. The smallest absolute Gasteiger partial charge is 0.227 e. The molecule has 0 aliphatic heterocycles. The molecule has 178 valence electrons. The summed E-state index contributed by atoms with van der Waals surface area (Å²) in [5.41, 5.74) is 4.04. The lowest BCUT2D eigenvalue weighted by Gasteiger charge is -2.25. The van der Waals surface area contributed by atoms with Crippen molar-refractivity contribution in [2.24, 2.45) is 5.92 Å². The quantitative estimate of drug-likeness (QED) is 0.319. The number of aliphatic hydroxyl groups is 1. The van der Waals surface area contributed by atoms with Gasteiger partial charge in [0.05, 0.1) is 29.7 Å². The van der Waals surface area contributed by atoms with Gasteiger partial charge in [-0.2, -0.15) is 5.10 Å². The molecule has 6 heteroatoms. The minimum absolute atomic E-state index is 0.206. The van der Waals surface area contributed by atoms with Crippen LogP contribution in [0.25, 0.3) is 5.69 Å². The van der Waals surface area contributed by atoms with Crippen molar-refractivity contribution >= 4 is 0 Å². The van der Waals surface area contributed by atoms with Crippen LogP contribution < -0.4 is 4.74 Å². The number of aryl methyl sites for hydroxylation is 2. The second-order valence-electron chi connectivity index (χ2n) is 9.04. The fraction of sp³-hybridized carbons (Fsp3) is 0.393. The Kier molecular flexibility index (Phi) is 8.02. The molecule has 1 fully saturated rings. The monoisotopic (exact) mass is 459 g/mol. The highest BCUT2D eigenvalue weighted by atomic mass is 16.5. The first-order valence-corrected chi connectivity index (χ1v) is 11.8. The number of terminal acetylenes is 1. The molecule has 6 nitrogen and oxygen atoms in total. The Bertz CT molecular complexity index is 1100. The molecule has 1 unspecified atom stereocenters. The fourth-order valence-electron chi connectivity index (χ4n) is 3.98. The Labute approximate surface area is 202 Å². The zero-order valence-corrected chi connectivity index (χ0v) is 20.0. The summed E-state index contributed by atoms with van der Waals surface area (Å²) in [6, 6.07) is 18.0. The fourth-order valence-corrected chi connectivity index (χ4v) is 3.98. The number of hydrogen-bond acceptors (Lipinski definition) is 5. The lowest BCUT2D eigenvalue weighted by molar-refractivity contribution is 0.0250. The van der Waals surface area contributed by atoms with Gasteiger partial charge in [-0.3, -0.25) is 4.90 Å². The van der Waals surface area contributed by atoms with Gasteiger partial charge in [-0.05, 0) is 56.9 Å². The molecular formula is C28H33N3O3. The molecule has 1 aliphatic rings. The first-order chi connectivity index (χ1) is 16.5. The van der Waals surface area contributed by atoms with Crippen molar-refractivity contribution in [3.05, 3.63) is 71.4 Å². The first-order valence-electron chi connectivity index (χ1n) is 11.8. The third kappa shape index (κ3) is 6.48. The van der Waals surface area contributed by atoms with Gasteiger partial charge in [-0.25, -0.2) is 4.68 Å². The lowest BCUT2D eigenvalue weighted by atomic mass is 10.2. The average molecular weight is 460 g/mol. The standard InChI is InChI=1S/C28H33N3O3/c1-4-16-33-20-25(32)18-30(17-23-12-13-23)19-27-22(3)29-31(24-8-6-5-7-9-24)28(27)34-26-14-10-21(2)11-15-26/h1,5-11,14-15,23,25,32H,12-13,16-20H2,2-3H3. The molecule has 1 N–H and O–H groups in total. The summed E-state index contributed by atoms with van der Waals surface area (Å²) in [5, 5.41) is 15.4. The van der Waals surface area contributed by atoms with E-state index in [2.05, 4.69) is 17.7 Å². The maximum Gasteiger partial charge on any atom is 0.227 e. The third-order valence-corrected chi connectivity index (χ3v) is 5.93. The molecule has 0 bridgehead atoms. The summed E-state index contributed by atoms with van der Waals surface area (Å²) < 4.78 is 13.7. The zero-order chi connectivity index (χ0) is 23.9. The van der Waals surface area contributed by atoms with Crippen LogP contribution >= 0.6 is 0 Å². The summed E-state index contributed by atoms with van der Waals surface area (Å²) in [6.07, 6.45) is 7.11. The first kappa shape index (κ1) is 24.0. The number of benzene rings is 2. The Hall–Kier alpha value is -3.11. The number of nitrogens with zero attached hydrogens (tertiary/aromatic N) is 3. The van der Waals surface area contributed by atoms with Crippen molar-refractivity contribution in [1.82, 2.24) is 14.7 Å². The minimum atomic E-state index is -0.613. The molecule has 1 aromatic heterocycles. The van der Waals surface area contributed by atoms with Gasteiger partial charge in [-0.1, -0.05) is 41.8 Å². The second-order valence-corrected chi connectivity index (χ2v) is 9.04. The molecule has 0 saturated heterocycles. The predicted octanol–water partition coefficient (Wildman–Crippen LogP) is 4.50. The second kappa shape index (κ2) is 11.3. The van der Waals surface area contributed by atoms with Crippen LogP contribution in [0.1, 0.15) is 29.7 Å². The number of hydrogen-bond donors (Lipinski definition) is 1. The van der Waals surface area contributed by atoms with Crippen LogP contribution in [0.2, 0.25) is 0 Å². The third-order valence-electron chi connectivity index (χ3n) is 5.93. The molecule has 1 atom stereocenters. The summed E-state index contributed by atoms with van der Waals surface area (Å²) >= 11 is 0. The molecular weight excluding hydrogens is 426 g/mol. The van der Waals surface area contributed by atoms with Crippen molar-refractivity contribution in [2.45, 2.75) is 39.3 Å². The lowest BCUT2D eigenvalue weighted by Crippen LogP contribution is -2.36. The topological polar surface area (TPSA) is 59.8 Å². The van der Waals surface area contributed by atoms with E-state index in [9.17, 15) is 5.11 Å². The van der Waals surface area contributed by atoms with Gasteiger partial charge in [-0.15, -0.1) is 6.42 Å². The molecule has 2 aromatic carbocycles. The molecule has 34 heavy (non-hydrogen) atoms. The van der Waals surface area contributed by atoms with E-state index in [1.165, 1.54) is 18.4 Å². The van der Waals surface area contributed by atoms with Crippen molar-refractivity contribution in [2.75, 3.05) is 26.3 Å². The van der Waals surface area contributed by atoms with E-state index in [0.717, 1.165) is 29.2 Å². The Balaban J connectivity index is 1.62. The van der Waals surface area contributed by atoms with Crippen LogP contribution in [0.4, 0.5) is 0 Å². The van der Waals surface area contributed by atoms with Crippen molar-refractivity contribution in [3.8, 4) is 29.7 Å². The van der Waals surface area contributed by atoms with Crippen LogP contribution in [-0.2, 0) is 11.3 Å². The maximum atomic E-state index is 10.6. The molecule has 0 amide bonds. The van der Waals surface area contributed by atoms with Gasteiger partial charge in [0.25, 0.3) is 0 Å². The summed E-state index contributed by atoms with van der Waals surface area (Å²) in [4.78, 5) is 2.28. The molecule has 1 saturated carbocycles. The normalized spacial score (nSPS) is 14.2. The highest BCUT2D eigenvalue weighted by Gasteiger charge is 2.28. The Morgan fingerprint density at radius 1 is 1.15 bits per heavy atom. The number of rotatable bonds is 12. The van der Waals surface area contributed by atoms with Crippen LogP contribution in [0.15, 0.2) is 54.6 Å². The summed E-state index contributed by atoms with van der Waals surface area (Å²) in [7, 11) is 0. The van der Waals surface area contributed by atoms with E-state index in [-0.39, 0.29) is 13.2 Å². The van der Waals surface area contributed by atoms with Gasteiger partial charge < -0.3 is 14.6 Å². The van der Waals surface area contributed by atoms with Gasteiger partial charge in [0.2, 0.25) is 5.88 Å². The maximum absolute atomic E-state index is 10.6. The number of ether oxygens (including phenoxy) is 2.